The van der Waals surface area contributed by atoms with Crippen LogP contribution < -0.4 is 5.32 Å². The Morgan fingerprint density at radius 2 is 1.90 bits per heavy atom. The minimum absolute atomic E-state index is 0.309. The maximum atomic E-state index is 12.7. The van der Waals surface area contributed by atoms with E-state index in [0.29, 0.717) is 42.0 Å². The van der Waals surface area contributed by atoms with Crippen molar-refractivity contribution in [1.29, 1.82) is 0 Å². The molecule has 2 aromatic carbocycles. The first kappa shape index (κ1) is 19.5. The molecular formula is C22H23ClN4O2. The lowest BCUT2D eigenvalue weighted by atomic mass is 10.1. The molecule has 4 rings (SSSR count). The van der Waals surface area contributed by atoms with E-state index in [2.05, 4.69) is 41.4 Å². The Bertz CT molecular complexity index is 1010. The summed E-state index contributed by atoms with van der Waals surface area (Å²) in [5.41, 5.74) is 4.36. The SMILES string of the molecule is CCOC(=O)c1c(-c2ccc(Cl)cc2)nn2c1NCN(Cc1ccc(C)cc1)C2. The molecule has 1 aliphatic rings. The van der Waals surface area contributed by atoms with Crippen molar-refractivity contribution < 1.29 is 9.53 Å². The van der Waals surface area contributed by atoms with Crippen LogP contribution in [0.2, 0.25) is 5.02 Å². The fraction of sp³-hybridized carbons (Fsp3) is 0.273. The molecule has 2 heterocycles. The molecular weight excluding hydrogens is 388 g/mol. The van der Waals surface area contributed by atoms with Crippen molar-refractivity contribution in [2.24, 2.45) is 0 Å². The lowest BCUT2D eigenvalue weighted by molar-refractivity contribution is 0.0527. The number of aryl methyl sites for hydroxylation is 1. The van der Waals surface area contributed by atoms with Crippen LogP contribution in [0.4, 0.5) is 5.82 Å². The second-order valence-electron chi connectivity index (χ2n) is 7.09. The lowest BCUT2D eigenvalue weighted by Crippen LogP contribution is -2.37. The fourth-order valence-electron chi connectivity index (χ4n) is 3.43. The largest absolute Gasteiger partial charge is 0.462 e. The number of carbonyl (C=O) groups is 1. The second-order valence-corrected chi connectivity index (χ2v) is 7.53. The smallest absolute Gasteiger partial charge is 0.344 e. The van der Waals surface area contributed by atoms with Crippen LogP contribution in [0.1, 0.15) is 28.4 Å². The summed E-state index contributed by atoms with van der Waals surface area (Å²) in [5.74, 6) is 0.312. The molecule has 0 radical (unpaired) electrons. The minimum atomic E-state index is -0.377. The highest BCUT2D eigenvalue weighted by Gasteiger charge is 2.29. The minimum Gasteiger partial charge on any atom is -0.462 e. The van der Waals surface area contributed by atoms with E-state index in [9.17, 15) is 4.79 Å². The van der Waals surface area contributed by atoms with Crippen LogP contribution in [0.5, 0.6) is 0 Å². The number of ether oxygens (including phenoxy) is 1. The fourth-order valence-corrected chi connectivity index (χ4v) is 3.56. The summed E-state index contributed by atoms with van der Waals surface area (Å²) in [4.78, 5) is 14.9. The summed E-state index contributed by atoms with van der Waals surface area (Å²) in [6.45, 7) is 6.17. The third-order valence-corrected chi connectivity index (χ3v) is 5.13. The van der Waals surface area contributed by atoms with Gasteiger partial charge in [0.05, 0.1) is 19.9 Å². The Hall–Kier alpha value is -2.83. The van der Waals surface area contributed by atoms with Crippen molar-refractivity contribution >= 4 is 23.4 Å². The van der Waals surface area contributed by atoms with E-state index in [1.54, 1.807) is 19.1 Å². The number of hydrogen-bond acceptors (Lipinski definition) is 5. The highest BCUT2D eigenvalue weighted by atomic mass is 35.5. The summed E-state index contributed by atoms with van der Waals surface area (Å²) in [5, 5.41) is 8.72. The van der Waals surface area contributed by atoms with E-state index in [1.807, 2.05) is 16.8 Å². The van der Waals surface area contributed by atoms with E-state index in [1.165, 1.54) is 11.1 Å². The number of nitrogens with one attached hydrogen (secondary N) is 1. The predicted octanol–water partition coefficient (Wildman–Crippen LogP) is 4.53. The zero-order chi connectivity index (χ0) is 20.4. The molecule has 0 aliphatic carbocycles. The standard InChI is InChI=1S/C22H23ClN4O2/c1-3-29-22(28)19-20(17-8-10-18(23)11-9-17)25-27-14-26(13-24-21(19)27)12-16-6-4-15(2)5-7-16/h4-11,24H,3,12-14H2,1-2H3. The van der Waals surface area contributed by atoms with Crippen molar-refractivity contribution in [2.75, 3.05) is 18.6 Å². The van der Waals surface area contributed by atoms with E-state index in [-0.39, 0.29) is 5.97 Å². The van der Waals surface area contributed by atoms with Gasteiger partial charge in [-0.25, -0.2) is 9.48 Å². The monoisotopic (exact) mass is 410 g/mol. The van der Waals surface area contributed by atoms with Gasteiger partial charge in [0.15, 0.2) is 0 Å². The Kier molecular flexibility index (Phi) is 5.56. The highest BCUT2D eigenvalue weighted by Crippen LogP contribution is 2.32. The maximum absolute atomic E-state index is 12.7. The van der Waals surface area contributed by atoms with Crippen molar-refractivity contribution in [3.8, 4) is 11.3 Å². The summed E-state index contributed by atoms with van der Waals surface area (Å²) >= 11 is 6.02. The van der Waals surface area contributed by atoms with E-state index < -0.39 is 0 Å². The average Bonchev–Trinajstić information content (AvgIpc) is 3.09. The Balaban J connectivity index is 1.65. The van der Waals surface area contributed by atoms with Gasteiger partial charge in [0, 0.05) is 17.1 Å². The van der Waals surface area contributed by atoms with Gasteiger partial charge in [0.1, 0.15) is 17.1 Å². The number of fused-ring (bicyclic) bond motifs is 1. The van der Waals surface area contributed by atoms with E-state index in [4.69, 9.17) is 21.4 Å². The van der Waals surface area contributed by atoms with Crippen LogP contribution in [0.25, 0.3) is 11.3 Å². The first-order chi connectivity index (χ1) is 14.0. The molecule has 29 heavy (non-hydrogen) atoms. The highest BCUT2D eigenvalue weighted by molar-refractivity contribution is 6.30. The topological polar surface area (TPSA) is 59.4 Å². The van der Waals surface area contributed by atoms with Crippen LogP contribution >= 0.6 is 11.6 Å². The van der Waals surface area contributed by atoms with Crippen molar-refractivity contribution in [1.82, 2.24) is 14.7 Å². The van der Waals surface area contributed by atoms with Crippen molar-refractivity contribution in [2.45, 2.75) is 27.1 Å². The number of benzene rings is 2. The number of anilines is 1. The van der Waals surface area contributed by atoms with Gasteiger partial charge in [0.25, 0.3) is 0 Å². The molecule has 1 aliphatic heterocycles. The van der Waals surface area contributed by atoms with Crippen LogP contribution in [0.3, 0.4) is 0 Å². The number of rotatable bonds is 5. The molecule has 0 spiro atoms. The van der Waals surface area contributed by atoms with Gasteiger partial charge >= 0.3 is 5.97 Å². The summed E-state index contributed by atoms with van der Waals surface area (Å²) in [6, 6.07) is 15.8. The van der Waals surface area contributed by atoms with Crippen molar-refractivity contribution in [3.63, 3.8) is 0 Å². The number of esters is 1. The molecule has 1 aromatic heterocycles. The molecule has 150 valence electrons. The van der Waals surface area contributed by atoms with Crippen LogP contribution in [0.15, 0.2) is 48.5 Å². The molecule has 0 saturated carbocycles. The molecule has 0 saturated heterocycles. The first-order valence-electron chi connectivity index (χ1n) is 9.60. The van der Waals surface area contributed by atoms with Crippen LogP contribution in [-0.2, 0) is 18.0 Å². The number of carbonyl (C=O) groups excluding carboxylic acids is 1. The van der Waals surface area contributed by atoms with Crippen molar-refractivity contribution in [3.05, 3.63) is 70.2 Å². The third kappa shape index (κ3) is 4.13. The molecule has 0 fully saturated rings. The van der Waals surface area contributed by atoms with E-state index in [0.717, 1.165) is 12.1 Å². The molecule has 0 unspecified atom stereocenters. The average molecular weight is 411 g/mol. The quantitative estimate of drug-likeness (QED) is 0.626. The van der Waals surface area contributed by atoms with Gasteiger partial charge in [-0.05, 0) is 31.5 Å². The number of nitrogens with zero attached hydrogens (tertiary/aromatic N) is 3. The van der Waals surface area contributed by atoms with Gasteiger partial charge in [-0.1, -0.05) is 53.6 Å². The molecule has 0 bridgehead atoms. The zero-order valence-corrected chi connectivity index (χ0v) is 17.2. The second kappa shape index (κ2) is 8.27. The molecule has 0 amide bonds. The van der Waals surface area contributed by atoms with E-state index >= 15 is 0 Å². The first-order valence-corrected chi connectivity index (χ1v) is 9.98. The third-order valence-electron chi connectivity index (χ3n) is 4.88. The number of halogens is 1. The Morgan fingerprint density at radius 3 is 2.59 bits per heavy atom. The Labute approximate surface area is 175 Å². The lowest BCUT2D eigenvalue weighted by Gasteiger charge is -2.29. The predicted molar refractivity (Wildman–Crippen MR) is 114 cm³/mol. The summed E-state index contributed by atoms with van der Waals surface area (Å²) < 4.78 is 7.13. The van der Waals surface area contributed by atoms with Gasteiger partial charge in [0.2, 0.25) is 0 Å². The van der Waals surface area contributed by atoms with Gasteiger partial charge in [-0.15, -0.1) is 0 Å². The molecule has 7 heteroatoms. The normalized spacial score (nSPS) is 13.6. The van der Waals surface area contributed by atoms with Crippen LogP contribution in [0, 0.1) is 6.92 Å². The summed E-state index contributed by atoms with van der Waals surface area (Å²) in [7, 11) is 0. The molecule has 6 nitrogen and oxygen atoms in total. The maximum Gasteiger partial charge on any atom is 0.344 e. The molecule has 1 N–H and O–H groups in total. The Morgan fingerprint density at radius 1 is 1.17 bits per heavy atom. The summed E-state index contributed by atoms with van der Waals surface area (Å²) in [6.07, 6.45) is 0. The van der Waals surface area contributed by atoms with Crippen LogP contribution in [-0.4, -0.2) is 33.9 Å². The van der Waals surface area contributed by atoms with Gasteiger partial charge < -0.3 is 10.1 Å². The van der Waals surface area contributed by atoms with Gasteiger partial charge in [-0.3, -0.25) is 4.90 Å². The molecule has 3 aromatic rings. The number of hydrogen-bond donors (Lipinski definition) is 1. The zero-order valence-electron chi connectivity index (χ0n) is 16.5. The van der Waals surface area contributed by atoms with Gasteiger partial charge in [-0.2, -0.15) is 5.10 Å². The number of aromatic nitrogens is 2. The molecule has 0 atom stereocenters.